The summed E-state index contributed by atoms with van der Waals surface area (Å²) in [6.07, 6.45) is 4.76. The van der Waals surface area contributed by atoms with Crippen molar-refractivity contribution in [3.8, 4) is 11.5 Å². The number of carbonyl (C=O) groups is 1. The monoisotopic (exact) mass is 379 g/mol. The molecule has 3 aromatic rings. The first-order valence-corrected chi connectivity index (χ1v) is 9.21. The number of nitrogens with one attached hydrogen (secondary N) is 1. The van der Waals surface area contributed by atoms with Gasteiger partial charge in [0.05, 0.1) is 20.8 Å². The van der Waals surface area contributed by atoms with Crippen molar-refractivity contribution in [1.82, 2.24) is 15.1 Å². The predicted octanol–water partition coefficient (Wildman–Crippen LogP) is 3.20. The molecule has 0 saturated heterocycles. The van der Waals surface area contributed by atoms with Crippen LogP contribution in [0, 0.1) is 0 Å². The Labute approximate surface area is 165 Å². The second-order valence-electron chi connectivity index (χ2n) is 6.49. The molecular formula is C22H25N3O3. The summed E-state index contributed by atoms with van der Waals surface area (Å²) < 4.78 is 12.4. The Morgan fingerprint density at radius 3 is 2.57 bits per heavy atom. The molecule has 0 aliphatic carbocycles. The lowest BCUT2D eigenvalue weighted by Gasteiger charge is -2.10. The molecule has 6 heteroatoms. The van der Waals surface area contributed by atoms with E-state index in [1.807, 2.05) is 47.3 Å². The number of aromatic nitrogens is 2. The largest absolute Gasteiger partial charge is 0.493 e. The molecule has 0 fully saturated rings. The number of benzene rings is 2. The average Bonchev–Trinajstić information content (AvgIpc) is 3.23. The fourth-order valence-corrected chi connectivity index (χ4v) is 3.00. The van der Waals surface area contributed by atoms with E-state index in [0.717, 1.165) is 16.7 Å². The second kappa shape index (κ2) is 9.60. The Hall–Kier alpha value is -3.28. The van der Waals surface area contributed by atoms with Gasteiger partial charge in [-0.25, -0.2) is 0 Å². The summed E-state index contributed by atoms with van der Waals surface area (Å²) in [5.74, 6) is 1.38. The van der Waals surface area contributed by atoms with Crippen LogP contribution in [0.5, 0.6) is 11.5 Å². The lowest BCUT2D eigenvalue weighted by atomic mass is 10.1. The summed E-state index contributed by atoms with van der Waals surface area (Å²) in [5, 5.41) is 7.21. The van der Waals surface area contributed by atoms with Crippen molar-refractivity contribution in [1.29, 1.82) is 0 Å². The summed E-state index contributed by atoms with van der Waals surface area (Å²) in [6, 6.07) is 15.8. The first-order valence-electron chi connectivity index (χ1n) is 9.21. The highest BCUT2D eigenvalue weighted by atomic mass is 16.5. The lowest BCUT2D eigenvalue weighted by molar-refractivity contribution is -0.121. The fraction of sp³-hybridized carbons (Fsp3) is 0.273. The minimum Gasteiger partial charge on any atom is -0.493 e. The Balaban J connectivity index is 1.49. The Bertz CT molecular complexity index is 907. The Morgan fingerprint density at radius 1 is 1.00 bits per heavy atom. The van der Waals surface area contributed by atoms with Crippen molar-refractivity contribution in [2.45, 2.75) is 25.9 Å². The zero-order chi connectivity index (χ0) is 19.8. The highest BCUT2D eigenvalue weighted by Gasteiger charge is 2.07. The molecule has 0 spiro atoms. The zero-order valence-corrected chi connectivity index (χ0v) is 16.2. The topological polar surface area (TPSA) is 65.4 Å². The fourth-order valence-electron chi connectivity index (χ4n) is 3.00. The number of hydrogen-bond acceptors (Lipinski definition) is 4. The maximum atomic E-state index is 12.2. The molecule has 0 aliphatic heterocycles. The molecule has 0 unspecified atom stereocenters. The van der Waals surface area contributed by atoms with Crippen LogP contribution in [0.3, 0.4) is 0 Å². The standard InChI is InChI=1S/C22H25N3O3/c1-27-20-9-7-17(14-21(20)28-2)8-10-22(26)23-15-18-5-3-6-19(13-18)16-25-12-4-11-24-25/h3-7,9,11-14H,8,10,15-16H2,1-2H3,(H,23,26). The van der Waals surface area contributed by atoms with Crippen molar-refractivity contribution in [3.63, 3.8) is 0 Å². The molecule has 0 saturated carbocycles. The van der Waals surface area contributed by atoms with Crippen LogP contribution in [-0.2, 0) is 24.3 Å². The highest BCUT2D eigenvalue weighted by Crippen LogP contribution is 2.27. The van der Waals surface area contributed by atoms with E-state index in [4.69, 9.17) is 9.47 Å². The van der Waals surface area contributed by atoms with Gasteiger partial charge >= 0.3 is 0 Å². The molecule has 28 heavy (non-hydrogen) atoms. The van der Waals surface area contributed by atoms with Crippen LogP contribution in [-0.4, -0.2) is 29.9 Å². The van der Waals surface area contributed by atoms with E-state index in [2.05, 4.69) is 22.5 Å². The molecule has 2 aromatic carbocycles. The minimum absolute atomic E-state index is 0.0206. The Kier molecular flexibility index (Phi) is 6.68. The van der Waals surface area contributed by atoms with Gasteiger partial charge in [0, 0.05) is 25.4 Å². The van der Waals surface area contributed by atoms with Crippen molar-refractivity contribution >= 4 is 5.91 Å². The molecular weight excluding hydrogens is 354 g/mol. The van der Waals surface area contributed by atoms with Gasteiger partial charge < -0.3 is 14.8 Å². The van der Waals surface area contributed by atoms with Gasteiger partial charge in [-0.2, -0.15) is 5.10 Å². The second-order valence-corrected chi connectivity index (χ2v) is 6.49. The molecule has 0 bridgehead atoms. The van der Waals surface area contributed by atoms with Crippen LogP contribution in [0.2, 0.25) is 0 Å². The van der Waals surface area contributed by atoms with Crippen LogP contribution < -0.4 is 14.8 Å². The predicted molar refractivity (Wildman–Crippen MR) is 107 cm³/mol. The molecule has 146 valence electrons. The van der Waals surface area contributed by atoms with E-state index >= 15 is 0 Å². The van der Waals surface area contributed by atoms with Gasteiger partial charge in [0.1, 0.15) is 0 Å². The number of aryl methyl sites for hydroxylation is 1. The number of ether oxygens (including phenoxy) is 2. The molecule has 6 nitrogen and oxygen atoms in total. The first kappa shape index (κ1) is 19.5. The molecule has 0 radical (unpaired) electrons. The normalized spacial score (nSPS) is 10.5. The van der Waals surface area contributed by atoms with Gasteiger partial charge in [0.25, 0.3) is 0 Å². The van der Waals surface area contributed by atoms with Crippen LogP contribution in [0.1, 0.15) is 23.1 Å². The maximum absolute atomic E-state index is 12.2. The highest BCUT2D eigenvalue weighted by molar-refractivity contribution is 5.76. The number of rotatable bonds is 9. The van der Waals surface area contributed by atoms with Crippen LogP contribution in [0.25, 0.3) is 0 Å². The Morgan fingerprint density at radius 2 is 1.82 bits per heavy atom. The van der Waals surface area contributed by atoms with Gasteiger partial charge in [0.15, 0.2) is 11.5 Å². The van der Waals surface area contributed by atoms with E-state index in [1.165, 1.54) is 0 Å². The van der Waals surface area contributed by atoms with Crippen LogP contribution in [0.4, 0.5) is 0 Å². The van der Waals surface area contributed by atoms with Crippen molar-refractivity contribution in [3.05, 3.63) is 77.6 Å². The summed E-state index contributed by atoms with van der Waals surface area (Å²) >= 11 is 0. The third-order valence-electron chi connectivity index (χ3n) is 4.47. The molecule has 0 atom stereocenters. The number of hydrogen-bond donors (Lipinski definition) is 1. The third-order valence-corrected chi connectivity index (χ3v) is 4.47. The number of methoxy groups -OCH3 is 2. The quantitative estimate of drug-likeness (QED) is 0.620. The van der Waals surface area contributed by atoms with Crippen LogP contribution >= 0.6 is 0 Å². The molecule has 1 aromatic heterocycles. The van der Waals surface area contributed by atoms with Crippen molar-refractivity contribution in [2.24, 2.45) is 0 Å². The minimum atomic E-state index is 0.0206. The molecule has 3 rings (SSSR count). The number of nitrogens with zero attached hydrogens (tertiary/aromatic N) is 2. The number of carbonyl (C=O) groups excluding carboxylic acids is 1. The van der Waals surface area contributed by atoms with Gasteiger partial charge in [-0.1, -0.05) is 30.3 Å². The van der Waals surface area contributed by atoms with Gasteiger partial charge in [-0.3, -0.25) is 9.48 Å². The first-order chi connectivity index (χ1) is 13.7. The molecule has 1 amide bonds. The van der Waals surface area contributed by atoms with Gasteiger partial charge in [0.2, 0.25) is 5.91 Å². The summed E-state index contributed by atoms with van der Waals surface area (Å²) in [6.45, 7) is 1.23. The number of amides is 1. The van der Waals surface area contributed by atoms with Gasteiger partial charge in [-0.05, 0) is 41.3 Å². The van der Waals surface area contributed by atoms with E-state index in [9.17, 15) is 4.79 Å². The summed E-state index contributed by atoms with van der Waals surface area (Å²) in [4.78, 5) is 12.2. The average molecular weight is 379 g/mol. The molecule has 0 aliphatic rings. The lowest BCUT2D eigenvalue weighted by Crippen LogP contribution is -2.23. The van der Waals surface area contributed by atoms with Crippen molar-refractivity contribution in [2.75, 3.05) is 14.2 Å². The third kappa shape index (κ3) is 5.36. The maximum Gasteiger partial charge on any atom is 0.220 e. The SMILES string of the molecule is COc1ccc(CCC(=O)NCc2cccc(Cn3cccn3)c2)cc1OC. The smallest absolute Gasteiger partial charge is 0.220 e. The summed E-state index contributed by atoms with van der Waals surface area (Å²) in [7, 11) is 3.21. The van der Waals surface area contributed by atoms with E-state index in [1.54, 1.807) is 20.4 Å². The van der Waals surface area contributed by atoms with E-state index < -0.39 is 0 Å². The van der Waals surface area contributed by atoms with Gasteiger partial charge in [-0.15, -0.1) is 0 Å². The van der Waals surface area contributed by atoms with Crippen LogP contribution in [0.15, 0.2) is 60.9 Å². The van der Waals surface area contributed by atoms with Crippen molar-refractivity contribution < 1.29 is 14.3 Å². The zero-order valence-electron chi connectivity index (χ0n) is 16.2. The molecule has 1 N–H and O–H groups in total. The van der Waals surface area contributed by atoms with E-state index in [-0.39, 0.29) is 5.91 Å². The molecule has 1 heterocycles. The summed E-state index contributed by atoms with van der Waals surface area (Å²) in [5.41, 5.74) is 3.26. The van der Waals surface area contributed by atoms with E-state index in [0.29, 0.717) is 37.4 Å².